The van der Waals surface area contributed by atoms with E-state index < -0.39 is 0 Å². The van der Waals surface area contributed by atoms with Gasteiger partial charge in [-0.3, -0.25) is 9.79 Å². The number of para-hydroxylation sites is 1. The molecule has 2 aliphatic heterocycles. The Morgan fingerprint density at radius 3 is 3.07 bits per heavy atom. The van der Waals surface area contributed by atoms with E-state index in [0.717, 1.165) is 16.1 Å². The standard InChI is InChI=1S/C11H8N2O/c14-11-9-6-12-5-8(9)7-3-1-2-4-10(7)13-11/h1-5,9H,6H2. The van der Waals surface area contributed by atoms with E-state index in [1.807, 2.05) is 24.3 Å². The highest BCUT2D eigenvalue weighted by atomic mass is 16.1. The van der Waals surface area contributed by atoms with E-state index in [0.29, 0.717) is 6.54 Å². The number of carbonyl (C=O) groups is 1. The topological polar surface area (TPSA) is 41.8 Å². The highest BCUT2D eigenvalue weighted by Crippen LogP contribution is 2.18. The molecule has 0 aromatic heterocycles. The number of aliphatic imine (C=N–C) groups is 1. The molecule has 1 aromatic carbocycles. The van der Waals surface area contributed by atoms with Gasteiger partial charge >= 0.3 is 0 Å². The number of carbonyl (C=O) groups excluding carboxylic acids is 1. The summed E-state index contributed by atoms with van der Waals surface area (Å²) in [6.45, 7) is 0.562. The van der Waals surface area contributed by atoms with Crippen LogP contribution in [0.5, 0.6) is 0 Å². The molecule has 0 saturated heterocycles. The van der Waals surface area contributed by atoms with Crippen molar-refractivity contribution in [3.8, 4) is 0 Å². The average Bonchev–Trinajstić information content (AvgIpc) is 2.67. The van der Waals surface area contributed by atoms with E-state index in [4.69, 9.17) is 0 Å². The molecule has 0 N–H and O–H groups in total. The van der Waals surface area contributed by atoms with Crippen molar-refractivity contribution in [1.29, 1.82) is 0 Å². The first-order chi connectivity index (χ1) is 6.86. The SMILES string of the molecule is O=C1N=c2ccccc2=C2C=NCC12. The number of fused-ring (bicyclic) bond motifs is 2. The van der Waals surface area contributed by atoms with E-state index in [9.17, 15) is 4.79 Å². The van der Waals surface area contributed by atoms with Gasteiger partial charge < -0.3 is 0 Å². The summed E-state index contributed by atoms with van der Waals surface area (Å²) >= 11 is 0. The third-order valence-corrected chi connectivity index (χ3v) is 2.64. The zero-order valence-electron chi connectivity index (χ0n) is 7.47. The summed E-state index contributed by atoms with van der Waals surface area (Å²) in [6, 6.07) is 7.70. The molecule has 0 spiro atoms. The lowest BCUT2D eigenvalue weighted by molar-refractivity contribution is -0.119. The van der Waals surface area contributed by atoms with Crippen LogP contribution in [0, 0.1) is 5.92 Å². The molecule has 1 aromatic rings. The monoisotopic (exact) mass is 184 g/mol. The normalized spacial score (nSPS) is 23.0. The third kappa shape index (κ3) is 0.894. The fraction of sp³-hybridized carbons (Fsp3) is 0.182. The summed E-state index contributed by atoms with van der Waals surface area (Å²) in [6.07, 6.45) is 1.80. The van der Waals surface area contributed by atoms with Crippen molar-refractivity contribution < 1.29 is 4.79 Å². The highest BCUT2D eigenvalue weighted by molar-refractivity contribution is 6.13. The van der Waals surface area contributed by atoms with E-state index in [1.165, 1.54) is 0 Å². The highest BCUT2D eigenvalue weighted by Gasteiger charge is 2.27. The molecule has 0 bridgehead atoms. The van der Waals surface area contributed by atoms with Crippen molar-refractivity contribution in [2.45, 2.75) is 0 Å². The molecule has 3 heteroatoms. The maximum Gasteiger partial charge on any atom is 0.255 e. The van der Waals surface area contributed by atoms with Crippen molar-refractivity contribution in [2.24, 2.45) is 15.9 Å². The first-order valence-corrected chi connectivity index (χ1v) is 4.58. The van der Waals surface area contributed by atoms with E-state index in [2.05, 4.69) is 9.98 Å². The Morgan fingerprint density at radius 2 is 2.14 bits per heavy atom. The number of benzene rings is 1. The van der Waals surface area contributed by atoms with Crippen molar-refractivity contribution in [3.63, 3.8) is 0 Å². The van der Waals surface area contributed by atoms with Crippen molar-refractivity contribution in [2.75, 3.05) is 6.54 Å². The van der Waals surface area contributed by atoms with Gasteiger partial charge in [-0.2, -0.15) is 0 Å². The molecule has 0 aliphatic carbocycles. The fourth-order valence-electron chi connectivity index (χ4n) is 1.93. The van der Waals surface area contributed by atoms with Gasteiger partial charge in [-0.15, -0.1) is 0 Å². The fourth-order valence-corrected chi connectivity index (χ4v) is 1.93. The Hall–Kier alpha value is -1.77. The second-order valence-corrected chi connectivity index (χ2v) is 3.47. The number of amides is 1. The van der Waals surface area contributed by atoms with Gasteiger partial charge in [0.2, 0.25) is 0 Å². The Kier molecular flexibility index (Phi) is 1.42. The Labute approximate surface area is 80.5 Å². The van der Waals surface area contributed by atoms with Gasteiger partial charge in [-0.1, -0.05) is 18.2 Å². The van der Waals surface area contributed by atoms with E-state index in [-0.39, 0.29) is 11.8 Å². The van der Waals surface area contributed by atoms with Gasteiger partial charge in [0, 0.05) is 11.4 Å². The third-order valence-electron chi connectivity index (χ3n) is 2.64. The Bertz CT molecular complexity index is 557. The van der Waals surface area contributed by atoms with Crippen LogP contribution in [0.2, 0.25) is 0 Å². The molecule has 14 heavy (non-hydrogen) atoms. The smallest absolute Gasteiger partial charge is 0.255 e. The molecule has 0 saturated carbocycles. The molecule has 3 rings (SSSR count). The van der Waals surface area contributed by atoms with Crippen LogP contribution in [-0.2, 0) is 4.79 Å². The van der Waals surface area contributed by atoms with Crippen molar-refractivity contribution >= 4 is 17.7 Å². The number of hydrogen-bond acceptors (Lipinski definition) is 2. The van der Waals surface area contributed by atoms with E-state index >= 15 is 0 Å². The summed E-state index contributed by atoms with van der Waals surface area (Å²) < 4.78 is 0. The number of nitrogens with zero attached hydrogens (tertiary/aromatic N) is 2. The van der Waals surface area contributed by atoms with Crippen LogP contribution in [0.3, 0.4) is 0 Å². The van der Waals surface area contributed by atoms with Crippen LogP contribution in [0.25, 0.3) is 5.57 Å². The first-order valence-electron chi connectivity index (χ1n) is 4.58. The maximum atomic E-state index is 11.6. The molecule has 2 heterocycles. The van der Waals surface area contributed by atoms with Crippen LogP contribution in [-0.4, -0.2) is 18.7 Å². The average molecular weight is 184 g/mol. The van der Waals surface area contributed by atoms with Crippen LogP contribution in [0.15, 0.2) is 34.3 Å². The van der Waals surface area contributed by atoms with Crippen LogP contribution in [0.1, 0.15) is 0 Å². The minimum absolute atomic E-state index is 0.0591. The quantitative estimate of drug-likeness (QED) is 0.545. The summed E-state index contributed by atoms with van der Waals surface area (Å²) in [4.78, 5) is 19.8. The molecular weight excluding hydrogens is 176 g/mol. The van der Waals surface area contributed by atoms with Gasteiger partial charge in [0.15, 0.2) is 0 Å². The Morgan fingerprint density at radius 1 is 1.29 bits per heavy atom. The van der Waals surface area contributed by atoms with Gasteiger partial charge in [0.1, 0.15) is 0 Å². The minimum Gasteiger partial charge on any atom is -0.292 e. The van der Waals surface area contributed by atoms with Gasteiger partial charge in [-0.25, -0.2) is 4.99 Å². The molecule has 3 nitrogen and oxygen atoms in total. The lowest BCUT2D eigenvalue weighted by Gasteiger charge is -2.10. The lowest BCUT2D eigenvalue weighted by Crippen LogP contribution is -2.37. The minimum atomic E-state index is -0.120. The number of rotatable bonds is 0. The van der Waals surface area contributed by atoms with E-state index in [1.54, 1.807) is 6.21 Å². The second kappa shape index (κ2) is 2.61. The molecule has 1 amide bonds. The molecule has 68 valence electrons. The summed E-state index contributed by atoms with van der Waals surface area (Å²) in [5.41, 5.74) is 1.03. The number of hydrogen-bond donors (Lipinski definition) is 0. The molecule has 2 aliphatic rings. The molecule has 1 atom stereocenters. The zero-order chi connectivity index (χ0) is 9.54. The van der Waals surface area contributed by atoms with Gasteiger partial charge in [-0.05, 0) is 11.6 Å². The van der Waals surface area contributed by atoms with Gasteiger partial charge in [0.05, 0.1) is 17.8 Å². The van der Waals surface area contributed by atoms with Gasteiger partial charge in [0.25, 0.3) is 5.91 Å². The second-order valence-electron chi connectivity index (χ2n) is 3.47. The largest absolute Gasteiger partial charge is 0.292 e. The summed E-state index contributed by atoms with van der Waals surface area (Å²) in [5.74, 6) is -0.180. The lowest BCUT2D eigenvalue weighted by atomic mass is 9.97. The summed E-state index contributed by atoms with van der Waals surface area (Å²) in [5, 5.41) is 1.83. The summed E-state index contributed by atoms with van der Waals surface area (Å²) in [7, 11) is 0. The molecule has 1 unspecified atom stereocenters. The predicted octanol–water partition coefficient (Wildman–Crippen LogP) is -0.302. The zero-order valence-corrected chi connectivity index (χ0v) is 7.47. The predicted molar refractivity (Wildman–Crippen MR) is 52.5 cm³/mol. The first kappa shape index (κ1) is 7.62. The van der Waals surface area contributed by atoms with Crippen LogP contribution < -0.4 is 10.6 Å². The maximum absolute atomic E-state index is 11.6. The van der Waals surface area contributed by atoms with Crippen LogP contribution >= 0.6 is 0 Å². The van der Waals surface area contributed by atoms with Crippen molar-refractivity contribution in [3.05, 3.63) is 34.8 Å². The Balaban J connectivity index is 2.48. The van der Waals surface area contributed by atoms with Crippen LogP contribution in [0.4, 0.5) is 0 Å². The van der Waals surface area contributed by atoms with Crippen molar-refractivity contribution in [1.82, 2.24) is 0 Å². The molecule has 0 fully saturated rings. The molecule has 0 radical (unpaired) electrons. The molecular formula is C11H8N2O.